The largest absolute Gasteiger partial charge is 0.497 e. The summed E-state index contributed by atoms with van der Waals surface area (Å²) in [5, 5.41) is 3.78. The summed E-state index contributed by atoms with van der Waals surface area (Å²) in [6.07, 6.45) is -2.29. The van der Waals surface area contributed by atoms with Crippen LogP contribution >= 0.6 is 11.6 Å². The van der Waals surface area contributed by atoms with Crippen LogP contribution in [0.25, 0.3) is 17.1 Å². The molecule has 4 aliphatic rings. The maximum Gasteiger partial charge on any atom is 0.418 e. The molecular weight excluding hydrogens is 783 g/mol. The average Bonchev–Trinajstić information content (AvgIpc) is 3.63. The van der Waals surface area contributed by atoms with Crippen LogP contribution in [-0.2, 0) is 24.0 Å². The van der Waals surface area contributed by atoms with Crippen molar-refractivity contribution in [1.82, 2.24) is 20.1 Å². The zero-order chi connectivity index (χ0) is 41.0. The van der Waals surface area contributed by atoms with Crippen LogP contribution in [0.3, 0.4) is 0 Å². The smallest absolute Gasteiger partial charge is 0.418 e. The number of nitrogens with zero attached hydrogens (tertiary/aromatic N) is 5. The summed E-state index contributed by atoms with van der Waals surface area (Å²) < 4.78 is 98.0. The number of alkyl halides is 5. The summed E-state index contributed by atoms with van der Waals surface area (Å²) >= 11 is 7.10. The molecule has 58 heavy (non-hydrogen) atoms. The van der Waals surface area contributed by atoms with Gasteiger partial charge in [-0.3, -0.25) is 9.89 Å². The molecule has 0 bridgehead atoms. The second kappa shape index (κ2) is 15.1. The normalized spacial score (nSPS) is 19.6. The van der Waals surface area contributed by atoms with Gasteiger partial charge in [0.2, 0.25) is 0 Å². The maximum absolute atomic E-state index is 15.2. The van der Waals surface area contributed by atoms with Crippen molar-refractivity contribution in [3.8, 4) is 28.5 Å². The maximum atomic E-state index is 15.2. The fraction of sp³-hybridized carbons (Fsp3) is 0.381. The summed E-state index contributed by atoms with van der Waals surface area (Å²) in [7, 11) is 4.88. The average molecular weight is 825 g/mol. The second-order valence-electron chi connectivity index (χ2n) is 15.1. The number of aryl methyl sites for hydroxylation is 1. The minimum Gasteiger partial charge on any atom is -0.497 e. The molecule has 306 valence electrons. The fourth-order valence-electron chi connectivity index (χ4n) is 8.43. The number of anilines is 1. The summed E-state index contributed by atoms with van der Waals surface area (Å²) in [6.45, 7) is 2.21. The van der Waals surface area contributed by atoms with E-state index in [-0.39, 0.29) is 65.3 Å². The minimum absolute atomic E-state index is 0.0165. The number of pyridine rings is 1. The van der Waals surface area contributed by atoms with Crippen LogP contribution in [-0.4, -0.2) is 73.9 Å². The van der Waals surface area contributed by atoms with E-state index in [2.05, 4.69) is 10.3 Å². The molecular formula is C42H42ClF5N6O4. The highest BCUT2D eigenvalue weighted by Gasteiger charge is 2.57. The molecule has 0 spiro atoms. The number of rotatable bonds is 11. The molecule has 0 unspecified atom stereocenters. The topological polar surface area (TPSA) is 83.9 Å². The number of hydrogen-bond donors (Lipinski definition) is 1. The molecule has 4 aliphatic heterocycles. The van der Waals surface area contributed by atoms with Gasteiger partial charge in [0.1, 0.15) is 42.2 Å². The van der Waals surface area contributed by atoms with Gasteiger partial charge in [-0.2, -0.15) is 13.2 Å². The molecule has 2 saturated heterocycles. The first-order valence-electron chi connectivity index (χ1n) is 18.8. The van der Waals surface area contributed by atoms with Crippen LogP contribution < -0.4 is 35.0 Å². The van der Waals surface area contributed by atoms with Crippen LogP contribution in [0.1, 0.15) is 41.5 Å². The summed E-state index contributed by atoms with van der Waals surface area (Å²) in [6, 6.07) is 17.7. The number of aromatic nitrogens is 1. The molecule has 3 aromatic carbocycles. The molecule has 0 amide bonds. The van der Waals surface area contributed by atoms with Gasteiger partial charge in [0.15, 0.2) is 0 Å². The molecule has 1 atom stereocenters. The summed E-state index contributed by atoms with van der Waals surface area (Å²) in [5.74, 6) is -0.619. The molecule has 10 nitrogen and oxygen atoms in total. The molecule has 8 rings (SSSR count). The Labute approximate surface area is 337 Å². The summed E-state index contributed by atoms with van der Waals surface area (Å²) in [5.41, 5.74) is -0.600. The first kappa shape index (κ1) is 39.5. The molecule has 2 fully saturated rings. The van der Waals surface area contributed by atoms with Crippen molar-refractivity contribution in [3.05, 3.63) is 111 Å². The van der Waals surface area contributed by atoms with E-state index in [0.29, 0.717) is 48.6 Å². The minimum atomic E-state index is -4.82. The Morgan fingerprint density at radius 1 is 0.983 bits per heavy atom. The molecule has 5 heterocycles. The summed E-state index contributed by atoms with van der Waals surface area (Å²) in [4.78, 5) is 14.7. The number of nitrogens with one attached hydrogen (secondary N) is 1. The second-order valence-corrected chi connectivity index (χ2v) is 15.5. The Morgan fingerprint density at radius 2 is 1.64 bits per heavy atom. The van der Waals surface area contributed by atoms with Gasteiger partial charge >= 0.3 is 12.1 Å². The highest BCUT2D eigenvalue weighted by Crippen LogP contribution is 2.47. The molecule has 0 saturated carbocycles. The van der Waals surface area contributed by atoms with E-state index in [1.807, 2.05) is 53.4 Å². The van der Waals surface area contributed by atoms with E-state index in [1.54, 1.807) is 37.3 Å². The van der Waals surface area contributed by atoms with Crippen molar-refractivity contribution in [2.24, 2.45) is 4.99 Å². The van der Waals surface area contributed by atoms with Crippen LogP contribution in [0.2, 0.25) is 5.02 Å². The lowest BCUT2D eigenvalue weighted by atomic mass is 9.94. The lowest BCUT2D eigenvalue weighted by molar-refractivity contribution is -0.137. The molecule has 1 aromatic heterocycles. The Bertz CT molecular complexity index is 2330. The van der Waals surface area contributed by atoms with Crippen molar-refractivity contribution in [1.29, 1.82) is 0 Å². The Morgan fingerprint density at radius 3 is 2.26 bits per heavy atom. The van der Waals surface area contributed by atoms with Crippen LogP contribution in [0, 0.1) is 6.92 Å². The van der Waals surface area contributed by atoms with Crippen molar-refractivity contribution in [2.45, 2.75) is 56.9 Å². The Balaban J connectivity index is 1.23. The van der Waals surface area contributed by atoms with Gasteiger partial charge in [-0.05, 0) is 79.4 Å². The number of hydrogen-bond acceptors (Lipinski definition) is 10. The highest BCUT2D eigenvalue weighted by molar-refractivity contribution is 6.33. The number of halogens is 6. The first-order chi connectivity index (χ1) is 27.7. The molecule has 16 heteroatoms. The van der Waals surface area contributed by atoms with Gasteiger partial charge in [0, 0.05) is 32.1 Å². The van der Waals surface area contributed by atoms with Crippen molar-refractivity contribution < 1.29 is 40.9 Å². The van der Waals surface area contributed by atoms with E-state index in [0.717, 1.165) is 17.5 Å². The van der Waals surface area contributed by atoms with Gasteiger partial charge in [0.05, 0.1) is 59.4 Å². The van der Waals surface area contributed by atoms with Crippen molar-refractivity contribution in [2.75, 3.05) is 52.5 Å². The van der Waals surface area contributed by atoms with Gasteiger partial charge in [-0.15, -0.1) is 0 Å². The standard InChI is InChI=1S/C42H42ClF5N6O4/c1-25-16-32(53(18-26-6-10-28(55-3)11-7-26)19-27-8-12-29(56-4)13-9-27)51-37(35(25)42(46,47)48)30-17-31-34-38(36(30)43)49-24-50-39(34)52(2)20-33(58-31)57-23-40-14-5-15-54(40)22-41(44,45)21-40/h6-13,16-17,20,50H,5,14-15,18-19,21-24H2,1-4H3/t40-/m1/s1. The van der Waals surface area contributed by atoms with Gasteiger partial charge in [-0.25, -0.2) is 13.8 Å². The van der Waals surface area contributed by atoms with E-state index < -0.39 is 28.9 Å². The Kier molecular flexibility index (Phi) is 10.3. The fourth-order valence-corrected chi connectivity index (χ4v) is 8.72. The number of benzene rings is 3. The zero-order valence-electron chi connectivity index (χ0n) is 32.4. The van der Waals surface area contributed by atoms with E-state index in [9.17, 15) is 8.78 Å². The predicted octanol–water partition coefficient (Wildman–Crippen LogP) is 7.21. The van der Waals surface area contributed by atoms with E-state index >= 15 is 13.2 Å². The first-order valence-corrected chi connectivity index (χ1v) is 19.2. The van der Waals surface area contributed by atoms with Crippen LogP contribution in [0.4, 0.5) is 27.8 Å². The third kappa shape index (κ3) is 7.57. The lowest BCUT2D eigenvalue weighted by Crippen LogP contribution is -2.43. The Hall–Kier alpha value is -5.28. The SMILES string of the molecule is COc1ccc(CN(Cc2ccc(OC)cc2)c2cc(C)c(C(F)(F)F)c(-c3cc4c5c(c3Cl)=NCNC=5N(C)C=C(OC[C@]35CCCN3CC(F)(F)C5)O4)n2)cc1. The monoisotopic (exact) mass is 824 g/mol. The van der Waals surface area contributed by atoms with E-state index in [4.69, 9.17) is 35.5 Å². The van der Waals surface area contributed by atoms with E-state index in [1.165, 1.54) is 19.1 Å². The number of methoxy groups -OCH3 is 2. The number of ether oxygens (including phenoxy) is 4. The van der Waals surface area contributed by atoms with Gasteiger partial charge in [0.25, 0.3) is 5.92 Å². The molecule has 0 radical (unpaired) electrons. The molecule has 0 aliphatic carbocycles. The lowest BCUT2D eigenvalue weighted by Gasteiger charge is -2.31. The zero-order valence-corrected chi connectivity index (χ0v) is 33.1. The van der Waals surface area contributed by atoms with Gasteiger partial charge in [-0.1, -0.05) is 35.9 Å². The van der Waals surface area contributed by atoms with Crippen LogP contribution in [0.15, 0.2) is 77.8 Å². The van der Waals surface area contributed by atoms with Crippen LogP contribution in [0.5, 0.6) is 17.2 Å². The molecule has 1 N–H and O–H groups in total. The quantitative estimate of drug-likeness (QED) is 0.158. The van der Waals surface area contributed by atoms with Crippen molar-refractivity contribution in [3.63, 3.8) is 0 Å². The van der Waals surface area contributed by atoms with Gasteiger partial charge < -0.3 is 34.1 Å². The van der Waals surface area contributed by atoms with Crippen molar-refractivity contribution >= 4 is 23.2 Å². The third-order valence-corrected chi connectivity index (χ3v) is 11.5. The predicted molar refractivity (Wildman–Crippen MR) is 208 cm³/mol. The number of fused-ring (bicyclic) bond motifs is 1. The third-order valence-electron chi connectivity index (χ3n) is 11.2. The molecule has 4 aromatic rings. The highest BCUT2D eigenvalue weighted by atomic mass is 35.5.